The number of alkyl halides is 1. The van der Waals surface area contributed by atoms with Crippen LogP contribution in [0.1, 0.15) is 4.88 Å². The molecule has 0 atom stereocenters. The predicted molar refractivity (Wildman–Crippen MR) is 70.9 cm³/mol. The monoisotopic (exact) mass is 306 g/mol. The van der Waals surface area contributed by atoms with E-state index in [0.717, 1.165) is 4.47 Å². The summed E-state index contributed by atoms with van der Waals surface area (Å²) in [4.78, 5) is 2.59. The zero-order valence-electron chi connectivity index (χ0n) is 7.51. The third-order valence-electron chi connectivity index (χ3n) is 2.02. The van der Waals surface area contributed by atoms with E-state index in [1.165, 1.54) is 19.9 Å². The van der Waals surface area contributed by atoms with Crippen molar-refractivity contribution in [1.29, 1.82) is 0 Å². The molecule has 1 heterocycles. The van der Waals surface area contributed by atoms with Gasteiger partial charge < -0.3 is 0 Å². The molecular formula is C10H8BrClS2. The van der Waals surface area contributed by atoms with Crippen molar-refractivity contribution < 1.29 is 0 Å². The second kappa shape index (κ2) is 4.44. The van der Waals surface area contributed by atoms with Gasteiger partial charge in [-0.2, -0.15) is 0 Å². The Labute approximate surface area is 105 Å². The molecule has 0 aliphatic heterocycles. The smallest absolute Gasteiger partial charge is 0.0579 e. The van der Waals surface area contributed by atoms with Gasteiger partial charge >= 0.3 is 0 Å². The number of halogens is 2. The number of benzene rings is 1. The van der Waals surface area contributed by atoms with Gasteiger partial charge in [-0.15, -0.1) is 34.7 Å². The van der Waals surface area contributed by atoms with E-state index in [2.05, 4.69) is 40.4 Å². The summed E-state index contributed by atoms with van der Waals surface area (Å²) in [5.41, 5.74) is 0. The number of thioether (sulfide) groups is 1. The number of fused-ring (bicyclic) bond motifs is 1. The summed E-state index contributed by atoms with van der Waals surface area (Å²) in [5.74, 6) is 0.599. The van der Waals surface area contributed by atoms with Gasteiger partial charge in [-0.1, -0.05) is 12.1 Å². The first kappa shape index (κ1) is 10.8. The van der Waals surface area contributed by atoms with Crippen LogP contribution in [0.5, 0.6) is 0 Å². The van der Waals surface area contributed by atoms with Crippen LogP contribution in [0, 0.1) is 0 Å². The van der Waals surface area contributed by atoms with Gasteiger partial charge in [0, 0.05) is 24.3 Å². The van der Waals surface area contributed by atoms with Crippen molar-refractivity contribution in [3.05, 3.63) is 27.5 Å². The van der Waals surface area contributed by atoms with Crippen molar-refractivity contribution in [3.63, 3.8) is 0 Å². The molecule has 0 unspecified atom stereocenters. The molecule has 14 heavy (non-hydrogen) atoms. The number of rotatable bonds is 2. The van der Waals surface area contributed by atoms with Crippen molar-refractivity contribution in [2.75, 3.05) is 6.26 Å². The molecule has 0 amide bonds. The Bertz CT molecular complexity index is 464. The Morgan fingerprint density at radius 1 is 1.50 bits per heavy atom. The van der Waals surface area contributed by atoms with Crippen LogP contribution < -0.4 is 0 Å². The molecular weight excluding hydrogens is 300 g/mol. The first-order valence-electron chi connectivity index (χ1n) is 4.07. The predicted octanol–water partition coefficient (Wildman–Crippen LogP) is 5.12. The summed E-state index contributed by atoms with van der Waals surface area (Å²) in [6.07, 6.45) is 2.10. The van der Waals surface area contributed by atoms with Crippen molar-refractivity contribution >= 4 is 60.7 Å². The van der Waals surface area contributed by atoms with E-state index in [1.807, 2.05) is 0 Å². The molecule has 1 aromatic heterocycles. The normalized spacial score (nSPS) is 11.1. The maximum atomic E-state index is 5.92. The van der Waals surface area contributed by atoms with Gasteiger partial charge in [0.15, 0.2) is 0 Å². The van der Waals surface area contributed by atoms with Gasteiger partial charge in [0.1, 0.15) is 0 Å². The molecule has 0 aliphatic carbocycles. The van der Waals surface area contributed by atoms with E-state index >= 15 is 0 Å². The Morgan fingerprint density at radius 2 is 2.29 bits per heavy atom. The van der Waals surface area contributed by atoms with Gasteiger partial charge in [-0.25, -0.2) is 0 Å². The molecule has 0 fully saturated rings. The lowest BCUT2D eigenvalue weighted by Crippen LogP contribution is -1.73. The van der Waals surface area contributed by atoms with Crippen LogP contribution in [0.25, 0.3) is 10.1 Å². The molecule has 2 rings (SSSR count). The van der Waals surface area contributed by atoms with E-state index in [1.54, 1.807) is 23.1 Å². The van der Waals surface area contributed by atoms with Crippen LogP contribution in [-0.4, -0.2) is 6.26 Å². The Morgan fingerprint density at radius 3 is 2.93 bits per heavy atom. The van der Waals surface area contributed by atoms with Gasteiger partial charge in [0.25, 0.3) is 0 Å². The minimum absolute atomic E-state index is 0.599. The van der Waals surface area contributed by atoms with Crippen LogP contribution in [0.3, 0.4) is 0 Å². The first-order valence-corrected chi connectivity index (χ1v) is 7.44. The second-order valence-electron chi connectivity index (χ2n) is 2.81. The third kappa shape index (κ3) is 1.71. The van der Waals surface area contributed by atoms with Gasteiger partial charge in [-0.05, 0) is 28.3 Å². The van der Waals surface area contributed by atoms with E-state index in [0.29, 0.717) is 5.88 Å². The fraction of sp³-hybridized carbons (Fsp3) is 0.200. The summed E-state index contributed by atoms with van der Waals surface area (Å²) in [6, 6.07) is 6.29. The largest absolute Gasteiger partial charge is 0.137 e. The fourth-order valence-corrected chi connectivity index (χ4v) is 4.49. The summed E-state index contributed by atoms with van der Waals surface area (Å²) in [7, 11) is 0. The highest BCUT2D eigenvalue weighted by atomic mass is 79.9. The van der Waals surface area contributed by atoms with Crippen molar-refractivity contribution in [2.24, 2.45) is 0 Å². The highest BCUT2D eigenvalue weighted by Crippen LogP contribution is 2.41. The molecule has 0 aliphatic rings. The minimum atomic E-state index is 0.599. The van der Waals surface area contributed by atoms with Crippen LogP contribution in [0.15, 0.2) is 27.6 Å². The standard InChI is InChI=1S/C10H8BrClS2/c1-13-10-6-3-2-4-7(11)9(6)14-8(10)5-12/h2-4H,5H2,1H3. The molecule has 0 N–H and O–H groups in total. The number of thiophene rings is 1. The molecule has 0 nitrogen and oxygen atoms in total. The lowest BCUT2D eigenvalue weighted by molar-refractivity contribution is 1.40. The first-order chi connectivity index (χ1) is 6.77. The molecule has 0 radical (unpaired) electrons. The second-order valence-corrected chi connectivity index (χ2v) is 5.85. The SMILES string of the molecule is CSc1c(CCl)sc2c(Br)cccc12. The topological polar surface area (TPSA) is 0 Å². The summed E-state index contributed by atoms with van der Waals surface area (Å²) in [5, 5.41) is 1.31. The van der Waals surface area contributed by atoms with E-state index in [9.17, 15) is 0 Å². The van der Waals surface area contributed by atoms with E-state index < -0.39 is 0 Å². The Kier molecular flexibility index (Phi) is 3.42. The third-order valence-corrected chi connectivity index (χ3v) is 5.61. The summed E-state index contributed by atoms with van der Waals surface area (Å²) < 4.78 is 2.46. The molecule has 4 heteroatoms. The molecule has 2 aromatic rings. The van der Waals surface area contributed by atoms with Crippen LogP contribution in [-0.2, 0) is 5.88 Å². The molecule has 0 spiro atoms. The molecule has 0 bridgehead atoms. The van der Waals surface area contributed by atoms with E-state index in [4.69, 9.17) is 11.6 Å². The van der Waals surface area contributed by atoms with Gasteiger partial charge in [0.05, 0.1) is 5.88 Å². The number of hydrogen-bond donors (Lipinski definition) is 0. The summed E-state index contributed by atoms with van der Waals surface area (Å²) in [6.45, 7) is 0. The van der Waals surface area contributed by atoms with E-state index in [-0.39, 0.29) is 0 Å². The number of hydrogen-bond acceptors (Lipinski definition) is 2. The van der Waals surface area contributed by atoms with Gasteiger partial charge in [0.2, 0.25) is 0 Å². The Hall–Kier alpha value is 0.300. The average Bonchev–Trinajstić information content (AvgIpc) is 2.57. The zero-order valence-corrected chi connectivity index (χ0v) is 11.5. The Balaban J connectivity index is 2.79. The van der Waals surface area contributed by atoms with Crippen LogP contribution >= 0.6 is 50.6 Å². The van der Waals surface area contributed by atoms with Crippen molar-refractivity contribution in [1.82, 2.24) is 0 Å². The highest BCUT2D eigenvalue weighted by Gasteiger charge is 2.11. The lowest BCUT2D eigenvalue weighted by atomic mass is 10.2. The maximum Gasteiger partial charge on any atom is 0.0579 e. The van der Waals surface area contributed by atoms with Crippen LogP contribution in [0.4, 0.5) is 0 Å². The zero-order chi connectivity index (χ0) is 10.1. The van der Waals surface area contributed by atoms with Crippen molar-refractivity contribution in [3.8, 4) is 0 Å². The summed E-state index contributed by atoms with van der Waals surface area (Å²) >= 11 is 13.0. The fourth-order valence-electron chi connectivity index (χ4n) is 1.42. The highest BCUT2D eigenvalue weighted by molar-refractivity contribution is 9.10. The maximum absolute atomic E-state index is 5.92. The minimum Gasteiger partial charge on any atom is -0.137 e. The van der Waals surface area contributed by atoms with Crippen LogP contribution in [0.2, 0.25) is 0 Å². The molecule has 0 saturated heterocycles. The average molecular weight is 308 g/mol. The van der Waals surface area contributed by atoms with Crippen molar-refractivity contribution in [2.45, 2.75) is 10.8 Å². The van der Waals surface area contributed by atoms with Gasteiger partial charge in [-0.3, -0.25) is 0 Å². The molecule has 0 saturated carbocycles. The quantitative estimate of drug-likeness (QED) is 0.548. The molecule has 74 valence electrons. The lowest BCUT2D eigenvalue weighted by Gasteiger charge is -1.96. The molecule has 1 aromatic carbocycles.